The maximum absolute atomic E-state index is 13.5. The molecule has 0 saturated heterocycles. The zero-order valence-corrected chi connectivity index (χ0v) is 12.8. The summed E-state index contributed by atoms with van der Waals surface area (Å²) in [6.45, 7) is 2.17. The summed E-state index contributed by atoms with van der Waals surface area (Å²) in [6, 6.07) is 19.5. The second-order valence-electron chi connectivity index (χ2n) is 4.86. The van der Waals surface area contributed by atoms with Crippen LogP contribution < -0.4 is 10.6 Å². The Morgan fingerprint density at radius 3 is 1.85 bits per heavy atom. The van der Waals surface area contributed by atoms with Crippen molar-refractivity contribution in [3.63, 3.8) is 0 Å². The van der Waals surface area contributed by atoms with E-state index >= 15 is 0 Å². The van der Waals surface area contributed by atoms with E-state index in [4.69, 9.17) is 0 Å². The van der Waals surface area contributed by atoms with Gasteiger partial charge in [-0.25, -0.2) is 0 Å². The van der Waals surface area contributed by atoms with Crippen molar-refractivity contribution >= 4 is 17.8 Å². The minimum Gasteiger partial charge on any atom is -0.309 e. The molecule has 0 atom stereocenters. The van der Waals surface area contributed by atoms with E-state index in [2.05, 4.69) is 13.0 Å². The highest BCUT2D eigenvalue weighted by Crippen LogP contribution is 2.44. The minimum absolute atomic E-state index is 0.902. The lowest BCUT2D eigenvalue weighted by Gasteiger charge is -2.15. The Bertz CT molecular complexity index is 544. The van der Waals surface area contributed by atoms with E-state index in [1.54, 1.807) is 0 Å². The van der Waals surface area contributed by atoms with E-state index in [1.165, 1.54) is 0 Å². The molecular weight excluding hydrogens is 263 g/mol. The van der Waals surface area contributed by atoms with Crippen LogP contribution in [0.2, 0.25) is 0 Å². The molecular formula is C18H21OP. The van der Waals surface area contributed by atoms with Crippen LogP contribution in [0.15, 0.2) is 72.6 Å². The van der Waals surface area contributed by atoms with Crippen molar-refractivity contribution in [2.75, 3.05) is 0 Å². The summed E-state index contributed by atoms with van der Waals surface area (Å²) in [6.07, 6.45) is 5.36. The van der Waals surface area contributed by atoms with Gasteiger partial charge in [-0.2, -0.15) is 0 Å². The Morgan fingerprint density at radius 2 is 1.40 bits per heavy atom. The lowest BCUT2D eigenvalue weighted by molar-refractivity contribution is 0.592. The fourth-order valence-electron chi connectivity index (χ4n) is 2.17. The van der Waals surface area contributed by atoms with Gasteiger partial charge in [-0.3, -0.25) is 0 Å². The van der Waals surface area contributed by atoms with Crippen LogP contribution >= 0.6 is 7.14 Å². The molecule has 1 nitrogen and oxygen atoms in total. The molecule has 0 spiro atoms. The van der Waals surface area contributed by atoms with Crippen molar-refractivity contribution in [1.29, 1.82) is 0 Å². The number of unbranched alkanes of at least 4 members (excludes halogenated alkanes) is 2. The average Bonchev–Trinajstić information content (AvgIpc) is 2.53. The summed E-state index contributed by atoms with van der Waals surface area (Å²) in [4.78, 5) is 0. The topological polar surface area (TPSA) is 17.1 Å². The van der Waals surface area contributed by atoms with Crippen LogP contribution in [-0.2, 0) is 4.57 Å². The molecule has 0 aromatic heterocycles. The molecule has 0 aliphatic heterocycles. The first kappa shape index (κ1) is 14.8. The van der Waals surface area contributed by atoms with Gasteiger partial charge in [0, 0.05) is 10.6 Å². The maximum Gasteiger partial charge on any atom is 0.163 e. The van der Waals surface area contributed by atoms with Gasteiger partial charge in [-0.15, -0.1) is 0 Å². The summed E-state index contributed by atoms with van der Waals surface area (Å²) >= 11 is 0. The van der Waals surface area contributed by atoms with E-state index < -0.39 is 7.14 Å². The molecule has 0 amide bonds. The fraction of sp³-hybridized carbons (Fsp3) is 0.222. The van der Waals surface area contributed by atoms with Crippen LogP contribution in [0.4, 0.5) is 0 Å². The fourth-order valence-corrected chi connectivity index (χ4v) is 4.48. The van der Waals surface area contributed by atoms with Crippen molar-refractivity contribution in [2.45, 2.75) is 26.2 Å². The van der Waals surface area contributed by atoms with Crippen LogP contribution in [0, 0.1) is 0 Å². The SMILES string of the molecule is CCCC/C=C\P(=O)(c1ccccc1)c1ccccc1. The highest BCUT2D eigenvalue weighted by atomic mass is 31.2. The summed E-state index contributed by atoms with van der Waals surface area (Å²) in [7, 11) is -2.64. The van der Waals surface area contributed by atoms with E-state index in [1.807, 2.05) is 66.5 Å². The lowest BCUT2D eigenvalue weighted by Crippen LogP contribution is -2.13. The van der Waals surface area contributed by atoms with Gasteiger partial charge in [0.25, 0.3) is 0 Å². The molecule has 0 radical (unpaired) electrons. The number of hydrogen-bond acceptors (Lipinski definition) is 1. The number of benzene rings is 2. The van der Waals surface area contributed by atoms with Crippen LogP contribution in [0.25, 0.3) is 0 Å². The van der Waals surface area contributed by atoms with Crippen LogP contribution in [-0.4, -0.2) is 0 Å². The standard InChI is InChI=1S/C18H21OP/c1-2-3-4-11-16-20(19,17-12-7-5-8-13-17)18-14-9-6-10-15-18/h5-16H,2-4H2,1H3/b16-11-. The average molecular weight is 284 g/mol. The van der Waals surface area contributed by atoms with Crippen molar-refractivity contribution in [2.24, 2.45) is 0 Å². The highest BCUT2D eigenvalue weighted by Gasteiger charge is 2.23. The first-order valence-corrected chi connectivity index (χ1v) is 8.93. The van der Waals surface area contributed by atoms with Gasteiger partial charge in [0.1, 0.15) is 0 Å². The molecule has 104 valence electrons. The van der Waals surface area contributed by atoms with Crippen LogP contribution in [0.1, 0.15) is 26.2 Å². The van der Waals surface area contributed by atoms with Gasteiger partial charge >= 0.3 is 0 Å². The van der Waals surface area contributed by atoms with Crippen LogP contribution in [0.5, 0.6) is 0 Å². The Hall–Kier alpha value is -1.59. The molecule has 2 aromatic rings. The molecule has 0 fully saturated rings. The third-order valence-electron chi connectivity index (χ3n) is 3.32. The van der Waals surface area contributed by atoms with Crippen molar-refractivity contribution in [3.05, 3.63) is 72.6 Å². The molecule has 20 heavy (non-hydrogen) atoms. The first-order valence-electron chi connectivity index (χ1n) is 7.16. The minimum atomic E-state index is -2.64. The van der Waals surface area contributed by atoms with Gasteiger partial charge in [-0.05, 0) is 12.2 Å². The van der Waals surface area contributed by atoms with Gasteiger partial charge < -0.3 is 4.57 Å². The largest absolute Gasteiger partial charge is 0.309 e. The predicted molar refractivity (Wildman–Crippen MR) is 88.4 cm³/mol. The zero-order chi connectivity index (χ0) is 14.3. The van der Waals surface area contributed by atoms with E-state index in [-0.39, 0.29) is 0 Å². The van der Waals surface area contributed by atoms with Gasteiger partial charge in [-0.1, -0.05) is 86.5 Å². The summed E-state index contributed by atoms with van der Waals surface area (Å²) in [5, 5.41) is 1.80. The summed E-state index contributed by atoms with van der Waals surface area (Å²) in [5.74, 6) is 1.92. The predicted octanol–water partition coefficient (Wildman–Crippen LogP) is 4.70. The monoisotopic (exact) mass is 284 g/mol. The molecule has 2 aromatic carbocycles. The Balaban J connectivity index is 2.39. The number of allylic oxidation sites excluding steroid dienone is 1. The highest BCUT2D eigenvalue weighted by molar-refractivity contribution is 7.81. The second kappa shape index (κ2) is 7.26. The normalized spacial score (nSPS) is 11.8. The van der Waals surface area contributed by atoms with E-state index in [0.29, 0.717) is 0 Å². The third kappa shape index (κ3) is 3.49. The second-order valence-corrected chi connectivity index (χ2v) is 7.50. The molecule has 0 aliphatic rings. The number of rotatable bonds is 6. The molecule has 0 aliphatic carbocycles. The molecule has 0 bridgehead atoms. The smallest absolute Gasteiger partial charge is 0.163 e. The molecule has 0 N–H and O–H groups in total. The van der Waals surface area contributed by atoms with Crippen molar-refractivity contribution in [1.82, 2.24) is 0 Å². The first-order chi connectivity index (χ1) is 9.77. The third-order valence-corrected chi connectivity index (χ3v) is 6.08. The molecule has 0 unspecified atom stereocenters. The van der Waals surface area contributed by atoms with E-state index in [0.717, 1.165) is 29.9 Å². The molecule has 2 rings (SSSR count). The van der Waals surface area contributed by atoms with Crippen molar-refractivity contribution in [3.8, 4) is 0 Å². The van der Waals surface area contributed by atoms with Crippen molar-refractivity contribution < 1.29 is 4.57 Å². The van der Waals surface area contributed by atoms with Gasteiger partial charge in [0.2, 0.25) is 0 Å². The quantitative estimate of drug-likeness (QED) is 0.555. The molecule has 2 heteroatoms. The zero-order valence-electron chi connectivity index (χ0n) is 11.9. The van der Waals surface area contributed by atoms with E-state index in [9.17, 15) is 4.57 Å². The maximum atomic E-state index is 13.5. The molecule has 0 heterocycles. The Morgan fingerprint density at radius 1 is 0.900 bits per heavy atom. The molecule has 0 saturated carbocycles. The lowest BCUT2D eigenvalue weighted by atomic mass is 10.2. The van der Waals surface area contributed by atoms with Gasteiger partial charge in [0.15, 0.2) is 7.14 Å². The van der Waals surface area contributed by atoms with Crippen LogP contribution in [0.3, 0.4) is 0 Å². The summed E-state index contributed by atoms with van der Waals surface area (Å²) < 4.78 is 13.5. The number of hydrogen-bond donors (Lipinski definition) is 0. The Labute approximate surface area is 121 Å². The Kier molecular flexibility index (Phi) is 5.38. The van der Waals surface area contributed by atoms with Gasteiger partial charge in [0.05, 0.1) is 0 Å². The summed E-state index contributed by atoms with van der Waals surface area (Å²) in [5.41, 5.74) is 0.